The molecule has 0 bridgehead atoms. The quantitative estimate of drug-likeness (QED) is 0.344. The summed E-state index contributed by atoms with van der Waals surface area (Å²) in [5.41, 5.74) is 10.5. The summed E-state index contributed by atoms with van der Waals surface area (Å²) < 4.78 is 2.61. The van der Waals surface area contributed by atoms with Gasteiger partial charge in [-0.05, 0) is 57.4 Å². The van der Waals surface area contributed by atoms with Crippen molar-refractivity contribution in [2.75, 3.05) is 0 Å². The van der Waals surface area contributed by atoms with Crippen molar-refractivity contribution in [3.8, 4) is 0 Å². The number of para-hydroxylation sites is 2. The van der Waals surface area contributed by atoms with Crippen LogP contribution in [0.1, 0.15) is 54.7 Å². The fourth-order valence-corrected chi connectivity index (χ4v) is 5.88. The summed E-state index contributed by atoms with van der Waals surface area (Å²) >= 11 is 0. The summed E-state index contributed by atoms with van der Waals surface area (Å²) in [6.45, 7) is 17.6. The fourth-order valence-electron chi connectivity index (χ4n) is 5.88. The van der Waals surface area contributed by atoms with E-state index in [2.05, 4.69) is 98.9 Å². The Hall–Kier alpha value is -3.00. The van der Waals surface area contributed by atoms with Crippen molar-refractivity contribution in [3.05, 3.63) is 95.3 Å². The Labute approximate surface area is 178 Å². The number of hydrogen-bond acceptors (Lipinski definition) is 0. The minimum absolute atomic E-state index is 0.216. The van der Waals surface area contributed by atoms with Crippen LogP contribution in [-0.2, 0) is 0 Å². The summed E-state index contributed by atoms with van der Waals surface area (Å²) in [5.74, 6) is 0.731. The van der Waals surface area contributed by atoms with Crippen LogP contribution in [0.25, 0.3) is 21.8 Å². The third kappa shape index (κ3) is 2.56. The smallest absolute Gasteiger partial charge is 0.0812 e. The van der Waals surface area contributed by atoms with Crippen LogP contribution < -0.4 is 0 Å². The second-order valence-corrected chi connectivity index (χ2v) is 9.19. The SMILES string of the molecule is C=C(C)C[C@H]1c2c(C)c3ccccc3n2[C@@H](c2[nH]c3ccccc3c2C)[C@@H]1C(=C)C. The first-order valence-electron chi connectivity index (χ1n) is 10.9. The van der Waals surface area contributed by atoms with Crippen LogP contribution in [0.15, 0.2) is 72.8 Å². The highest BCUT2D eigenvalue weighted by atomic mass is 15.1. The molecule has 2 nitrogen and oxygen atoms in total. The molecule has 0 saturated heterocycles. The summed E-state index contributed by atoms with van der Waals surface area (Å²) in [6.07, 6.45) is 0.991. The number of nitrogens with zero attached hydrogens (tertiary/aromatic N) is 1. The molecular weight excluding hydrogens is 364 g/mol. The van der Waals surface area contributed by atoms with Gasteiger partial charge in [0.1, 0.15) is 0 Å². The molecule has 5 rings (SSSR count). The minimum Gasteiger partial charge on any atom is -0.356 e. The first kappa shape index (κ1) is 19.0. The van der Waals surface area contributed by atoms with E-state index in [1.807, 2.05) is 0 Å². The van der Waals surface area contributed by atoms with E-state index in [1.165, 1.54) is 55.5 Å². The third-order valence-corrected chi connectivity index (χ3v) is 7.05. The largest absolute Gasteiger partial charge is 0.356 e. The minimum atomic E-state index is 0.216. The molecule has 2 aromatic carbocycles. The molecule has 1 aliphatic rings. The van der Waals surface area contributed by atoms with Gasteiger partial charge in [-0.1, -0.05) is 54.1 Å². The lowest BCUT2D eigenvalue weighted by molar-refractivity contribution is 0.437. The number of allylic oxidation sites excluding steroid dienone is 2. The number of aryl methyl sites for hydroxylation is 2. The van der Waals surface area contributed by atoms with Gasteiger partial charge in [0.25, 0.3) is 0 Å². The van der Waals surface area contributed by atoms with Gasteiger partial charge in [0, 0.05) is 45.0 Å². The van der Waals surface area contributed by atoms with Gasteiger partial charge in [0.15, 0.2) is 0 Å². The number of hydrogen-bond donors (Lipinski definition) is 1. The van der Waals surface area contributed by atoms with Crippen molar-refractivity contribution in [3.63, 3.8) is 0 Å². The van der Waals surface area contributed by atoms with Gasteiger partial charge in [0.05, 0.1) is 6.04 Å². The van der Waals surface area contributed by atoms with E-state index in [-0.39, 0.29) is 6.04 Å². The van der Waals surface area contributed by atoms with Crippen molar-refractivity contribution in [2.45, 2.75) is 46.1 Å². The highest BCUT2D eigenvalue weighted by Crippen LogP contribution is 2.54. The molecule has 0 spiro atoms. The standard InChI is InChI=1S/C28H30N2/c1-16(2)15-22-25(17(3)4)28(26-18(5)20-11-7-9-13-23(20)29-26)30-24-14-10-8-12-21(24)19(6)27(22)30/h7-14,22,25,28-29H,1,3,15H2,2,4-6H3/t22-,25-,28-/m1/s1. The average molecular weight is 395 g/mol. The predicted octanol–water partition coefficient (Wildman–Crippen LogP) is 7.58. The van der Waals surface area contributed by atoms with Crippen LogP contribution in [0.3, 0.4) is 0 Å². The van der Waals surface area contributed by atoms with E-state index in [4.69, 9.17) is 0 Å². The maximum Gasteiger partial charge on any atom is 0.0812 e. The van der Waals surface area contributed by atoms with Crippen molar-refractivity contribution in [1.82, 2.24) is 9.55 Å². The Morgan fingerprint density at radius 3 is 2.27 bits per heavy atom. The zero-order valence-electron chi connectivity index (χ0n) is 18.4. The maximum atomic E-state index is 4.47. The van der Waals surface area contributed by atoms with Crippen LogP contribution in [0.5, 0.6) is 0 Å². The molecule has 0 unspecified atom stereocenters. The fraction of sp³-hybridized carbons (Fsp3) is 0.286. The molecule has 3 atom stereocenters. The molecule has 0 aliphatic carbocycles. The lowest BCUT2D eigenvalue weighted by Gasteiger charge is -2.27. The zero-order valence-corrected chi connectivity index (χ0v) is 18.4. The van der Waals surface area contributed by atoms with E-state index >= 15 is 0 Å². The zero-order chi connectivity index (χ0) is 21.2. The summed E-state index contributed by atoms with van der Waals surface area (Å²) in [7, 11) is 0. The normalized spacial score (nSPS) is 20.7. The first-order valence-corrected chi connectivity index (χ1v) is 10.9. The van der Waals surface area contributed by atoms with Crippen LogP contribution in [0, 0.1) is 19.8 Å². The number of fused-ring (bicyclic) bond motifs is 4. The van der Waals surface area contributed by atoms with Crippen LogP contribution >= 0.6 is 0 Å². The van der Waals surface area contributed by atoms with Gasteiger partial charge in [0.2, 0.25) is 0 Å². The number of aromatic nitrogens is 2. The molecule has 2 heteroatoms. The summed E-state index contributed by atoms with van der Waals surface area (Å²) in [6, 6.07) is 17.7. The van der Waals surface area contributed by atoms with Crippen LogP contribution in [0.2, 0.25) is 0 Å². The maximum absolute atomic E-state index is 4.47. The van der Waals surface area contributed by atoms with E-state index in [0.29, 0.717) is 11.8 Å². The lowest BCUT2D eigenvalue weighted by atomic mass is 9.77. The molecule has 30 heavy (non-hydrogen) atoms. The molecule has 1 N–H and O–H groups in total. The van der Waals surface area contributed by atoms with E-state index < -0.39 is 0 Å². The van der Waals surface area contributed by atoms with E-state index in [1.54, 1.807) is 0 Å². The van der Waals surface area contributed by atoms with Gasteiger partial charge in [-0.2, -0.15) is 0 Å². The van der Waals surface area contributed by atoms with Crippen LogP contribution in [0.4, 0.5) is 0 Å². The van der Waals surface area contributed by atoms with Gasteiger partial charge in [-0.25, -0.2) is 0 Å². The molecule has 1 aliphatic heterocycles. The van der Waals surface area contributed by atoms with Crippen LogP contribution in [-0.4, -0.2) is 9.55 Å². The van der Waals surface area contributed by atoms with Crippen molar-refractivity contribution >= 4 is 21.8 Å². The highest BCUT2D eigenvalue weighted by Gasteiger charge is 2.45. The molecule has 0 amide bonds. The monoisotopic (exact) mass is 394 g/mol. The predicted molar refractivity (Wildman–Crippen MR) is 128 cm³/mol. The van der Waals surface area contributed by atoms with Gasteiger partial charge in [-0.3, -0.25) is 0 Å². The lowest BCUT2D eigenvalue weighted by Crippen LogP contribution is -2.19. The molecule has 4 aromatic rings. The molecule has 2 aromatic heterocycles. The van der Waals surface area contributed by atoms with Gasteiger partial charge >= 0.3 is 0 Å². The second-order valence-electron chi connectivity index (χ2n) is 9.19. The van der Waals surface area contributed by atoms with Crippen molar-refractivity contribution < 1.29 is 0 Å². The van der Waals surface area contributed by atoms with E-state index in [9.17, 15) is 0 Å². The molecule has 3 heterocycles. The summed E-state index contributed by atoms with van der Waals surface area (Å²) in [4.78, 5) is 3.80. The Balaban J connectivity index is 1.85. The Morgan fingerprint density at radius 1 is 0.933 bits per heavy atom. The Kier molecular flexibility index (Phi) is 4.28. The van der Waals surface area contributed by atoms with E-state index in [0.717, 1.165) is 6.42 Å². The molecule has 0 fully saturated rings. The molecule has 0 radical (unpaired) electrons. The average Bonchev–Trinajstić information content (AvgIpc) is 3.32. The number of aromatic amines is 1. The van der Waals surface area contributed by atoms with Gasteiger partial charge < -0.3 is 9.55 Å². The van der Waals surface area contributed by atoms with Crippen molar-refractivity contribution in [1.29, 1.82) is 0 Å². The number of nitrogens with one attached hydrogen (secondary N) is 1. The number of rotatable bonds is 4. The summed E-state index contributed by atoms with van der Waals surface area (Å²) in [5, 5.41) is 2.67. The molecule has 152 valence electrons. The highest BCUT2D eigenvalue weighted by molar-refractivity contribution is 5.88. The number of H-pyrrole nitrogens is 1. The second kappa shape index (κ2) is 6.77. The Morgan fingerprint density at radius 2 is 1.60 bits per heavy atom. The van der Waals surface area contributed by atoms with Crippen molar-refractivity contribution in [2.24, 2.45) is 5.92 Å². The third-order valence-electron chi connectivity index (χ3n) is 7.05. The number of benzene rings is 2. The van der Waals surface area contributed by atoms with Gasteiger partial charge in [-0.15, -0.1) is 6.58 Å². The Bertz CT molecular complexity index is 1310. The molecule has 0 saturated carbocycles. The molecular formula is C28H30N2. The first-order chi connectivity index (χ1) is 14.4. The topological polar surface area (TPSA) is 20.7 Å².